The van der Waals surface area contributed by atoms with Gasteiger partial charge in [-0.15, -0.1) is 0 Å². The maximum atomic E-state index is 12.2. The van der Waals surface area contributed by atoms with E-state index in [1.807, 2.05) is 27.7 Å². The molecule has 0 heterocycles. The Morgan fingerprint density at radius 3 is 2.25 bits per heavy atom. The van der Waals surface area contributed by atoms with Gasteiger partial charge in [-0.05, 0) is 46.8 Å². The van der Waals surface area contributed by atoms with E-state index in [0.29, 0.717) is 17.8 Å². The second-order valence-electron chi connectivity index (χ2n) is 6.94. The predicted molar refractivity (Wildman–Crippen MR) is 94.2 cm³/mol. The Labute approximate surface area is 143 Å². The molecule has 3 N–H and O–H groups in total. The van der Waals surface area contributed by atoms with Crippen LogP contribution in [0.15, 0.2) is 24.3 Å². The van der Waals surface area contributed by atoms with Crippen LogP contribution in [0.4, 0.5) is 5.69 Å². The number of Topliss-reactive ketones (excluding diaryl/α,β-unsaturated/α-hetero) is 1. The second-order valence-corrected chi connectivity index (χ2v) is 6.94. The zero-order chi connectivity index (χ0) is 18.3. The summed E-state index contributed by atoms with van der Waals surface area (Å²) in [6.07, 6.45) is 0. The second kappa shape index (κ2) is 8.59. The van der Waals surface area contributed by atoms with Gasteiger partial charge in [0.2, 0.25) is 0 Å². The zero-order valence-corrected chi connectivity index (χ0v) is 15.2. The number of likely N-dealkylation sites (N-methyl/N-ethyl adjacent to an activating group) is 1. The summed E-state index contributed by atoms with van der Waals surface area (Å²) in [5.41, 5.74) is 0.852. The molecule has 0 radical (unpaired) electrons. The number of benzene rings is 1. The van der Waals surface area contributed by atoms with Gasteiger partial charge in [0.15, 0.2) is 18.9 Å². The highest BCUT2D eigenvalue weighted by Crippen LogP contribution is 2.10. The van der Waals surface area contributed by atoms with Crippen molar-refractivity contribution in [3.8, 4) is 0 Å². The number of carbonyl (C=O) groups is 3. The number of carbonyl (C=O) groups excluding carboxylic acids is 3. The summed E-state index contributed by atoms with van der Waals surface area (Å²) in [7, 11) is 0. The summed E-state index contributed by atoms with van der Waals surface area (Å²) in [4.78, 5) is 36.4. The summed E-state index contributed by atoms with van der Waals surface area (Å²) in [6, 6.07) is 6.83. The molecule has 0 aliphatic carbocycles. The predicted octanol–water partition coefficient (Wildman–Crippen LogP) is 0.647. The summed E-state index contributed by atoms with van der Waals surface area (Å²) < 4.78 is 0. The summed E-state index contributed by atoms with van der Waals surface area (Å²) in [5, 5.41) is 5.68. The van der Waals surface area contributed by atoms with Gasteiger partial charge in [0.1, 0.15) is 0 Å². The summed E-state index contributed by atoms with van der Waals surface area (Å²) >= 11 is 0. The fourth-order valence-electron chi connectivity index (χ4n) is 2.25. The van der Waals surface area contributed by atoms with Gasteiger partial charge in [-0.2, -0.15) is 0 Å². The van der Waals surface area contributed by atoms with Gasteiger partial charge in [0.05, 0.1) is 6.54 Å². The van der Waals surface area contributed by atoms with Crippen LogP contribution in [0.3, 0.4) is 0 Å². The van der Waals surface area contributed by atoms with Crippen LogP contribution in [0.25, 0.3) is 0 Å². The van der Waals surface area contributed by atoms with E-state index in [4.69, 9.17) is 0 Å². The molecule has 24 heavy (non-hydrogen) atoms. The van der Waals surface area contributed by atoms with Gasteiger partial charge in [0, 0.05) is 16.8 Å². The number of nitrogens with one attached hydrogen (secondary N) is 3. The van der Waals surface area contributed by atoms with E-state index < -0.39 is 0 Å². The Morgan fingerprint density at radius 2 is 1.71 bits per heavy atom. The fourth-order valence-corrected chi connectivity index (χ4v) is 2.25. The molecule has 0 aromatic heterocycles. The lowest BCUT2D eigenvalue weighted by Crippen LogP contribution is -3.14. The number of hydrogen-bond acceptors (Lipinski definition) is 3. The molecule has 0 saturated carbocycles. The van der Waals surface area contributed by atoms with E-state index in [9.17, 15) is 14.4 Å². The third-order valence-electron chi connectivity index (χ3n) is 3.39. The van der Waals surface area contributed by atoms with Crippen LogP contribution >= 0.6 is 0 Å². The number of amides is 2. The molecule has 6 nitrogen and oxygen atoms in total. The summed E-state index contributed by atoms with van der Waals surface area (Å²) in [6.45, 7) is 10.3. The zero-order valence-electron chi connectivity index (χ0n) is 15.2. The molecule has 1 rings (SSSR count). The first-order chi connectivity index (χ1) is 11.1. The molecule has 0 saturated heterocycles. The standard InChI is InChI=1S/C18H27N3O3/c1-6-21(12-17(24)20-18(3,4)5)11-16(23)19-15-9-7-8-14(10-15)13(2)22/h7-10H,6,11-12H2,1-5H3,(H,19,23)(H,20,24)/p+1. The van der Waals surface area contributed by atoms with Gasteiger partial charge < -0.3 is 15.5 Å². The monoisotopic (exact) mass is 334 g/mol. The first kappa shape index (κ1) is 19.8. The van der Waals surface area contributed by atoms with Crippen LogP contribution in [-0.2, 0) is 9.59 Å². The highest BCUT2D eigenvalue weighted by molar-refractivity contribution is 5.97. The molecular formula is C18H28N3O3+. The van der Waals surface area contributed by atoms with Crippen molar-refractivity contribution in [2.75, 3.05) is 25.0 Å². The molecule has 6 heteroatoms. The van der Waals surface area contributed by atoms with Gasteiger partial charge in [-0.1, -0.05) is 12.1 Å². The first-order valence-electron chi connectivity index (χ1n) is 8.16. The number of rotatable bonds is 7. The van der Waals surface area contributed by atoms with E-state index >= 15 is 0 Å². The Morgan fingerprint density at radius 1 is 1.08 bits per heavy atom. The minimum atomic E-state index is -0.286. The molecule has 2 amide bonds. The van der Waals surface area contributed by atoms with Gasteiger partial charge >= 0.3 is 0 Å². The average molecular weight is 334 g/mol. The van der Waals surface area contributed by atoms with Crippen molar-refractivity contribution in [2.45, 2.75) is 40.2 Å². The molecule has 1 aromatic rings. The average Bonchev–Trinajstić information content (AvgIpc) is 2.44. The smallest absolute Gasteiger partial charge is 0.279 e. The minimum absolute atomic E-state index is 0.0502. The molecule has 0 aliphatic rings. The number of quaternary nitrogens is 1. The quantitative estimate of drug-likeness (QED) is 0.641. The topological polar surface area (TPSA) is 79.7 Å². The van der Waals surface area contributed by atoms with Gasteiger partial charge in [-0.25, -0.2) is 0 Å². The van der Waals surface area contributed by atoms with Crippen molar-refractivity contribution < 1.29 is 19.3 Å². The van der Waals surface area contributed by atoms with Crippen LogP contribution in [0.5, 0.6) is 0 Å². The lowest BCUT2D eigenvalue weighted by molar-refractivity contribution is -0.881. The van der Waals surface area contributed by atoms with E-state index in [-0.39, 0.29) is 36.2 Å². The van der Waals surface area contributed by atoms with Crippen molar-refractivity contribution in [3.05, 3.63) is 29.8 Å². The number of anilines is 1. The molecular weight excluding hydrogens is 306 g/mol. The van der Waals surface area contributed by atoms with Crippen LogP contribution in [0.2, 0.25) is 0 Å². The van der Waals surface area contributed by atoms with E-state index in [2.05, 4.69) is 10.6 Å². The molecule has 0 bridgehead atoms. The molecule has 0 spiro atoms. The lowest BCUT2D eigenvalue weighted by atomic mass is 10.1. The largest absolute Gasteiger partial charge is 0.347 e. The molecule has 0 aliphatic heterocycles. The third kappa shape index (κ3) is 7.37. The first-order valence-corrected chi connectivity index (χ1v) is 8.16. The molecule has 0 fully saturated rings. The normalized spacial score (nSPS) is 12.4. The molecule has 132 valence electrons. The third-order valence-corrected chi connectivity index (χ3v) is 3.39. The van der Waals surface area contributed by atoms with E-state index in [1.54, 1.807) is 24.3 Å². The molecule has 1 unspecified atom stereocenters. The van der Waals surface area contributed by atoms with E-state index in [0.717, 1.165) is 4.90 Å². The van der Waals surface area contributed by atoms with Crippen molar-refractivity contribution in [1.29, 1.82) is 0 Å². The van der Waals surface area contributed by atoms with Crippen LogP contribution < -0.4 is 15.5 Å². The van der Waals surface area contributed by atoms with Gasteiger partial charge in [-0.3, -0.25) is 14.4 Å². The maximum absolute atomic E-state index is 12.2. The number of hydrogen-bond donors (Lipinski definition) is 3. The van der Waals surface area contributed by atoms with Crippen molar-refractivity contribution >= 4 is 23.3 Å². The van der Waals surface area contributed by atoms with Crippen molar-refractivity contribution in [2.24, 2.45) is 0 Å². The fraction of sp³-hybridized carbons (Fsp3) is 0.500. The van der Waals surface area contributed by atoms with E-state index in [1.165, 1.54) is 6.92 Å². The van der Waals surface area contributed by atoms with Crippen LogP contribution in [0.1, 0.15) is 45.0 Å². The summed E-state index contributed by atoms with van der Waals surface area (Å²) in [5.74, 6) is -0.312. The SMILES string of the molecule is CC[NH+](CC(=O)Nc1cccc(C(C)=O)c1)CC(=O)NC(C)(C)C. The minimum Gasteiger partial charge on any atom is -0.347 e. The highest BCUT2D eigenvalue weighted by Gasteiger charge is 2.20. The Bertz CT molecular complexity index is 606. The Balaban J connectivity index is 2.60. The maximum Gasteiger partial charge on any atom is 0.279 e. The van der Waals surface area contributed by atoms with Crippen LogP contribution in [-0.4, -0.2) is 42.8 Å². The Hall–Kier alpha value is -2.21. The molecule has 1 aromatic carbocycles. The Kier molecular flexibility index (Phi) is 7.10. The highest BCUT2D eigenvalue weighted by atomic mass is 16.2. The molecule has 1 atom stereocenters. The van der Waals surface area contributed by atoms with Crippen LogP contribution in [0, 0.1) is 0 Å². The van der Waals surface area contributed by atoms with Crippen molar-refractivity contribution in [1.82, 2.24) is 5.32 Å². The number of ketones is 1. The van der Waals surface area contributed by atoms with Crippen molar-refractivity contribution in [3.63, 3.8) is 0 Å². The lowest BCUT2D eigenvalue weighted by Gasteiger charge is -2.23. The van der Waals surface area contributed by atoms with Gasteiger partial charge in [0.25, 0.3) is 11.8 Å².